The van der Waals surface area contributed by atoms with Crippen molar-refractivity contribution in [1.29, 1.82) is 0 Å². The van der Waals surface area contributed by atoms with E-state index in [1.54, 1.807) is 67.6 Å². The Balaban J connectivity index is 0.000000284. The summed E-state index contributed by atoms with van der Waals surface area (Å²) in [5.74, 6) is -15.1. The number of halogens is 4. The van der Waals surface area contributed by atoms with Crippen LogP contribution in [-0.2, 0) is 93.9 Å². The summed E-state index contributed by atoms with van der Waals surface area (Å²) in [4.78, 5) is 58.3. The molecule has 3 aromatic rings. The molecule has 26 N–H and O–H groups in total. The monoisotopic (exact) mass is 1870 g/mol. The van der Waals surface area contributed by atoms with Gasteiger partial charge >= 0.3 is 12.2 Å². The molecule has 1 unspecified atom stereocenters. The predicted octanol–water partition coefficient (Wildman–Crippen LogP) is -2.50. The third-order valence-electron chi connectivity index (χ3n) is 25.2. The Kier molecular flexibility index (Phi) is 37.7. The molecule has 0 radical (unpaired) electrons. The van der Waals surface area contributed by atoms with Crippen molar-refractivity contribution in [2.45, 2.75) is 305 Å². The number of rotatable bonds is 36. The van der Waals surface area contributed by atoms with Gasteiger partial charge in [0.15, 0.2) is 49.6 Å². The number of azide groups is 2. The van der Waals surface area contributed by atoms with Crippen LogP contribution < -0.4 is 45.0 Å². The number of hydrogen-bond acceptors (Lipinski definition) is 39. The first-order valence-electron chi connectivity index (χ1n) is 43.2. The number of aliphatic hydroxyl groups excluding tert-OH is 12. The van der Waals surface area contributed by atoms with Gasteiger partial charge in [-0.05, 0) is 78.1 Å². The van der Waals surface area contributed by atoms with Gasteiger partial charge in [-0.1, -0.05) is 108 Å². The highest BCUT2D eigenvalue weighted by atomic mass is 19.3. The van der Waals surface area contributed by atoms with Gasteiger partial charge in [0.05, 0.1) is 106 Å². The average molecular weight is 1870 g/mol. The van der Waals surface area contributed by atoms with E-state index >= 15 is 8.78 Å². The van der Waals surface area contributed by atoms with E-state index in [1.807, 2.05) is 30.3 Å². The molecule has 9 aliphatic rings. The molecule has 0 spiro atoms. The molecule has 9 fully saturated rings. The Morgan fingerprint density at radius 1 is 0.511 bits per heavy atom. The van der Waals surface area contributed by atoms with Crippen LogP contribution >= 0.6 is 0 Å². The number of alkyl halides is 4. The number of alkyl carbamates (subject to hydrolysis) is 2. The highest BCUT2D eigenvalue weighted by Crippen LogP contribution is 2.45. The average Bonchev–Trinajstić information content (AvgIpc) is 1.68. The SMILES string of the molecule is C[C@H](C(=O)C[C@@H]1C[C@H](C)[C@@H](O[C@H]2O[C@H](CN=[N+]=[N-])C[C@@H](O)[C@H]2NC(=O)OCc2ccccc2)[C@H](O[C@@H]2O[C@H](CO)[C@@H](O[C@H]3O[C@H]4CCC(c5ccccc5)O[C@H]4[C@H](O)[C@H]3NC(=O)OCc3ccccc3)[C@H]2O)[C@H]1O)C(F)(F)CN=[N+]=[N-].NC[C@@H]1C[C@@H](O)[C@@H](N)[C@@H](O[C@H]2[C@H](O[C@@H]3O[C@H](CO)[C@@H](O[C@H]4O[C@@H](CN)[C@@H](O)[C@H](O)[C@H]4N)[C@H]3O)[C@@H](O)[C@H](CC(=O)[C@@H](O)C(F)(F)CN)C[C@@H]2N)O1. The quantitative estimate of drug-likeness (QED) is 0.0124. The van der Waals surface area contributed by atoms with E-state index in [2.05, 4.69) is 30.7 Å². The Hall–Kier alpha value is -7.36. The van der Waals surface area contributed by atoms with E-state index < -0.39 is 313 Å². The third-order valence-corrected chi connectivity index (χ3v) is 25.2. The molecule has 2 amide bonds. The molecule has 2 saturated carbocycles. The molecule has 3 aromatic carbocycles. The number of ketones is 2. The van der Waals surface area contributed by atoms with Crippen molar-refractivity contribution in [3.63, 3.8) is 0 Å². The predicted molar refractivity (Wildman–Crippen MR) is 438 cm³/mol. The van der Waals surface area contributed by atoms with Crippen LogP contribution in [0.15, 0.2) is 101 Å². The number of benzene rings is 3. The van der Waals surface area contributed by atoms with E-state index in [0.29, 0.717) is 24.0 Å². The highest BCUT2D eigenvalue weighted by Gasteiger charge is 2.60. The summed E-state index contributed by atoms with van der Waals surface area (Å²) in [7, 11) is 0. The number of nitrogens with zero attached hydrogens (tertiary/aromatic N) is 6. The summed E-state index contributed by atoms with van der Waals surface area (Å²) in [5, 5.41) is 145. The molecule has 12 rings (SSSR count). The Morgan fingerprint density at radius 2 is 1.00 bits per heavy atom. The molecule has 732 valence electrons. The van der Waals surface area contributed by atoms with Crippen LogP contribution in [0, 0.1) is 23.7 Å². The number of hydrogen-bond donors (Lipinski definition) is 20. The summed E-state index contributed by atoms with van der Waals surface area (Å²) < 4.78 is 149. The van der Waals surface area contributed by atoms with Gasteiger partial charge in [-0.25, -0.2) is 27.2 Å². The van der Waals surface area contributed by atoms with Crippen LogP contribution in [0.2, 0.25) is 0 Å². The lowest BCUT2D eigenvalue weighted by atomic mass is 9.73. The van der Waals surface area contributed by atoms with Gasteiger partial charge in [0, 0.05) is 54.6 Å². The lowest BCUT2D eigenvalue weighted by Crippen LogP contribution is -2.66. The molecule has 49 heteroatoms. The molecule has 45 nitrogen and oxygen atoms in total. The molecule has 39 atom stereocenters. The summed E-state index contributed by atoms with van der Waals surface area (Å²) in [5.41, 5.74) is 54.9. The Bertz CT molecular complexity index is 4210. The Morgan fingerprint density at radius 3 is 1.56 bits per heavy atom. The van der Waals surface area contributed by atoms with Gasteiger partial charge in [-0.3, -0.25) is 9.59 Å². The van der Waals surface area contributed by atoms with Gasteiger partial charge in [-0.2, -0.15) is 0 Å². The van der Waals surface area contributed by atoms with Gasteiger partial charge < -0.3 is 177 Å². The fourth-order valence-electron chi connectivity index (χ4n) is 17.6. The van der Waals surface area contributed by atoms with Crippen molar-refractivity contribution in [2.75, 3.05) is 45.9 Å². The minimum atomic E-state index is -3.95. The first-order chi connectivity index (χ1) is 62.5. The lowest BCUT2D eigenvalue weighted by molar-refractivity contribution is -0.311. The number of aliphatic hydroxyl groups is 12. The fourth-order valence-corrected chi connectivity index (χ4v) is 17.6. The molecular formula is C82H120F4N14O31. The number of amides is 2. The van der Waals surface area contributed by atoms with Crippen molar-refractivity contribution in [1.82, 2.24) is 10.6 Å². The molecule has 7 saturated heterocycles. The second-order valence-corrected chi connectivity index (χ2v) is 34.2. The van der Waals surface area contributed by atoms with Crippen LogP contribution in [0.5, 0.6) is 0 Å². The van der Waals surface area contributed by atoms with Crippen molar-refractivity contribution in [2.24, 2.45) is 68.3 Å². The van der Waals surface area contributed by atoms with Crippen molar-refractivity contribution in [3.05, 3.63) is 129 Å². The molecule has 2 aliphatic carbocycles. The maximum Gasteiger partial charge on any atom is 0.407 e. The van der Waals surface area contributed by atoms with Gasteiger partial charge in [0.25, 0.3) is 11.8 Å². The van der Waals surface area contributed by atoms with Crippen LogP contribution in [0.1, 0.15) is 88.0 Å². The number of Topliss-reactive ketones (excluding diaryl/α,β-unsaturated/α-hetero) is 2. The smallest absolute Gasteiger partial charge is 0.407 e. The normalized spacial score (nSPS) is 38.9. The molecular weight excluding hydrogens is 1750 g/mol. The van der Waals surface area contributed by atoms with Gasteiger partial charge in [-0.15, -0.1) is 0 Å². The largest absolute Gasteiger partial charge is 0.445 e. The lowest BCUT2D eigenvalue weighted by Gasteiger charge is -2.48. The van der Waals surface area contributed by atoms with Crippen molar-refractivity contribution >= 4 is 23.8 Å². The van der Waals surface area contributed by atoms with Crippen LogP contribution in [-0.4, -0.2) is 351 Å². The Labute approximate surface area is 748 Å². The van der Waals surface area contributed by atoms with E-state index in [1.165, 1.54) is 0 Å². The summed E-state index contributed by atoms with van der Waals surface area (Å²) >= 11 is 0. The fraction of sp³-hybridized carbons (Fsp3) is 0.732. The maximum absolute atomic E-state index is 15.1. The van der Waals surface area contributed by atoms with Crippen molar-refractivity contribution < 1.29 is 169 Å². The first-order valence-corrected chi connectivity index (χ1v) is 43.2. The van der Waals surface area contributed by atoms with Crippen LogP contribution in [0.4, 0.5) is 27.2 Å². The maximum atomic E-state index is 15.1. The second-order valence-electron chi connectivity index (χ2n) is 34.2. The van der Waals surface area contributed by atoms with Crippen LogP contribution in [0.25, 0.3) is 20.9 Å². The van der Waals surface area contributed by atoms with E-state index in [-0.39, 0.29) is 58.5 Å². The first kappa shape index (κ1) is 104. The second kappa shape index (κ2) is 47.4. The third kappa shape index (κ3) is 25.7. The number of nitrogens with two attached hydrogens (primary N) is 6. The topological polar surface area (TPSA) is 727 Å². The minimum absolute atomic E-state index is 0.00865. The molecule has 7 aliphatic heterocycles. The number of carbonyl (C=O) groups is 4. The number of nitrogens with one attached hydrogen (secondary N) is 2. The van der Waals surface area contributed by atoms with E-state index in [4.69, 9.17) is 117 Å². The number of ether oxygens (including phenoxy) is 15. The number of carbonyl (C=O) groups excluding carboxylic acids is 4. The summed E-state index contributed by atoms with van der Waals surface area (Å²) in [6.45, 7) is -2.42. The van der Waals surface area contributed by atoms with Gasteiger partial charge in [0.1, 0.15) is 117 Å². The van der Waals surface area contributed by atoms with Crippen LogP contribution in [0.3, 0.4) is 0 Å². The minimum Gasteiger partial charge on any atom is -0.445 e. The van der Waals surface area contributed by atoms with Crippen molar-refractivity contribution in [3.8, 4) is 0 Å². The number of fused-ring (bicyclic) bond motifs is 1. The highest BCUT2D eigenvalue weighted by molar-refractivity contribution is 5.84. The zero-order chi connectivity index (χ0) is 95.0. The zero-order valence-electron chi connectivity index (χ0n) is 71.5. The molecule has 131 heavy (non-hydrogen) atoms. The van der Waals surface area contributed by atoms with E-state index in [9.17, 15) is 89.2 Å². The van der Waals surface area contributed by atoms with E-state index in [0.717, 1.165) is 12.5 Å². The molecule has 7 heterocycles. The van der Waals surface area contributed by atoms with Gasteiger partial charge in [0.2, 0.25) is 0 Å². The molecule has 0 aromatic heterocycles. The molecule has 0 bridgehead atoms. The zero-order valence-corrected chi connectivity index (χ0v) is 71.5. The summed E-state index contributed by atoms with van der Waals surface area (Å²) in [6, 6.07) is 20.5. The summed E-state index contributed by atoms with van der Waals surface area (Å²) in [6.07, 6.45) is -46.2. The standard InChI is InChI=1S/C54H68F2N8O17.C28H52F2N6O14/c1-28-20-33(21-35(66)29(2)54(55,56)27-60-64-58)42(68)48(45(28)79-49-40(36(67)22-34(75-49)23-59-63-57)61-52(71)73-25-30-12-6-3-7-13-30)81-51-44(70)47(39(24-65)78-51)80-50-41(62-53(72)74-26-31-14-8-4-9-15-31)43(69)46-38(77-50)19-18-37(76-46)32-16-10-5-11-17-32;29-28(30,7-33)24(44)12(39)2-8-1-10(34)21(48-25-15(35)11(38)3-9(4-31)45-25)23(17(8)40)50-27-20(43)22(14(6-37)47-27)49-26-16(36)19(42)18(41)13(5-32)46-26/h3-17,28-29,33-34,36-51,65,67-70H,18-27H2,1-2H3,(H,61,71)(H,62,72);8-11,13-27,37-38,40-44H,1-7,31-36H2/t28-,29+,33-,34-,36+,37?,38-,39+,40+,41+,42-,43+,44+,45+,46+,47+,48+,49+,50+,51-;8-,9-,10-,11+,13-,14+,15+,16+,17-,18+,19+,20+,21+,22+,23+,24+,25+,26+,27-/m00/s1.